The zero-order chi connectivity index (χ0) is 23.8. The number of aromatic nitrogens is 3. The van der Waals surface area contributed by atoms with Crippen LogP contribution >= 0.6 is 11.8 Å². The third-order valence-electron chi connectivity index (χ3n) is 5.77. The first-order chi connectivity index (χ1) is 15.5. The highest BCUT2D eigenvalue weighted by Crippen LogP contribution is 2.28. The number of hydrogen-bond donors (Lipinski definition) is 0. The summed E-state index contributed by atoms with van der Waals surface area (Å²) in [5.41, 5.74) is 3.76. The molecule has 0 spiro atoms. The lowest BCUT2D eigenvalue weighted by Crippen LogP contribution is -2.45. The van der Waals surface area contributed by atoms with E-state index in [1.54, 1.807) is 9.69 Å². The zero-order valence-electron chi connectivity index (χ0n) is 20.3. The fourth-order valence-electron chi connectivity index (χ4n) is 3.67. The van der Waals surface area contributed by atoms with Gasteiger partial charge >= 0.3 is 0 Å². The van der Waals surface area contributed by atoms with Crippen LogP contribution < -0.4 is 9.75 Å². The molecule has 6 nitrogen and oxygen atoms in total. The first-order valence-corrected chi connectivity index (χ1v) is 12.2. The Morgan fingerprint density at radius 3 is 2.03 bits per heavy atom. The van der Waals surface area contributed by atoms with Gasteiger partial charge in [-0.05, 0) is 39.7 Å². The minimum atomic E-state index is 0.0305. The quantitative estimate of drug-likeness (QED) is 0.518. The van der Waals surface area contributed by atoms with Gasteiger partial charge in [-0.25, -0.2) is 9.69 Å². The van der Waals surface area contributed by atoms with Crippen LogP contribution in [0.15, 0.2) is 53.7 Å². The minimum Gasteiger partial charge on any atom is -0.486 e. The molecule has 1 aliphatic rings. The maximum atomic E-state index is 12.8. The summed E-state index contributed by atoms with van der Waals surface area (Å²) in [6.07, 6.45) is 0. The third kappa shape index (κ3) is 5.24. The zero-order valence-corrected chi connectivity index (χ0v) is 21.1. The van der Waals surface area contributed by atoms with Crippen LogP contribution in [0.4, 0.5) is 0 Å². The summed E-state index contributed by atoms with van der Waals surface area (Å²) in [6, 6.07) is 16.6. The fourth-order valence-corrected chi connectivity index (χ4v) is 4.50. The Balaban J connectivity index is 1.52. The predicted molar refractivity (Wildman–Crippen MR) is 132 cm³/mol. The minimum absolute atomic E-state index is 0.0305. The molecule has 0 unspecified atom stereocenters. The smallest absolute Gasteiger partial charge is 0.252 e. The van der Waals surface area contributed by atoms with Crippen LogP contribution in [-0.4, -0.2) is 26.5 Å². The molecule has 1 aromatic heterocycles. The number of rotatable bonds is 5. The van der Waals surface area contributed by atoms with Gasteiger partial charge in [0.1, 0.15) is 12.4 Å². The molecule has 33 heavy (non-hydrogen) atoms. The van der Waals surface area contributed by atoms with Crippen molar-refractivity contribution in [2.75, 3.05) is 10.8 Å². The van der Waals surface area contributed by atoms with Gasteiger partial charge in [0.05, 0.1) is 12.3 Å². The van der Waals surface area contributed by atoms with Crippen LogP contribution in [0.25, 0.3) is 0 Å². The maximum absolute atomic E-state index is 12.8. The lowest BCUT2D eigenvalue weighted by Gasteiger charge is -2.29. The van der Waals surface area contributed by atoms with Crippen molar-refractivity contribution in [3.63, 3.8) is 0 Å². The van der Waals surface area contributed by atoms with Crippen molar-refractivity contribution in [1.29, 1.82) is 0 Å². The van der Waals surface area contributed by atoms with E-state index in [9.17, 15) is 4.79 Å². The molecule has 3 aromatic rings. The van der Waals surface area contributed by atoms with Crippen molar-refractivity contribution in [1.82, 2.24) is 14.9 Å². The summed E-state index contributed by atoms with van der Waals surface area (Å²) >= 11 is 1.41. The van der Waals surface area contributed by atoms with Gasteiger partial charge in [-0.1, -0.05) is 89.7 Å². The second kappa shape index (κ2) is 8.86. The van der Waals surface area contributed by atoms with Gasteiger partial charge in [-0.15, -0.1) is 10.2 Å². The molecule has 0 radical (unpaired) electrons. The van der Waals surface area contributed by atoms with Crippen molar-refractivity contribution in [3.05, 3.63) is 71.0 Å². The number of benzene rings is 2. The van der Waals surface area contributed by atoms with Crippen LogP contribution in [-0.2, 0) is 28.8 Å². The summed E-state index contributed by atoms with van der Waals surface area (Å²) in [6.45, 7) is 13.8. The number of nitrogens with zero attached hydrogens (tertiary/aromatic N) is 4. The molecular weight excluding hydrogens is 432 g/mol. The van der Waals surface area contributed by atoms with E-state index in [0.717, 1.165) is 11.3 Å². The van der Waals surface area contributed by atoms with Gasteiger partial charge in [0.15, 0.2) is 5.82 Å². The highest BCUT2D eigenvalue weighted by atomic mass is 32.2. The number of ether oxygens (including phenoxy) is 1. The van der Waals surface area contributed by atoms with Crippen molar-refractivity contribution in [3.8, 4) is 5.75 Å². The van der Waals surface area contributed by atoms with Gasteiger partial charge in [0.25, 0.3) is 5.91 Å². The first-order valence-electron chi connectivity index (χ1n) is 11.2. The largest absolute Gasteiger partial charge is 0.486 e. The van der Waals surface area contributed by atoms with Crippen molar-refractivity contribution >= 4 is 17.7 Å². The number of hydrogen-bond acceptors (Lipinski definition) is 5. The van der Waals surface area contributed by atoms with E-state index >= 15 is 0 Å². The molecule has 1 aliphatic heterocycles. The third-order valence-corrected chi connectivity index (χ3v) is 6.68. The van der Waals surface area contributed by atoms with Crippen LogP contribution in [0.1, 0.15) is 64.1 Å². The molecule has 0 fully saturated rings. The van der Waals surface area contributed by atoms with Crippen molar-refractivity contribution < 1.29 is 9.53 Å². The van der Waals surface area contributed by atoms with E-state index in [0.29, 0.717) is 23.3 Å². The highest BCUT2D eigenvalue weighted by molar-refractivity contribution is 7.99. The molecule has 0 aliphatic carbocycles. The molecular formula is C26H32N4O2S. The number of carbonyl (C=O) groups is 1. The van der Waals surface area contributed by atoms with Gasteiger partial charge in [0, 0.05) is 0 Å². The fraction of sp³-hybridized carbons (Fsp3) is 0.423. The van der Waals surface area contributed by atoms with Crippen LogP contribution in [0.2, 0.25) is 0 Å². The van der Waals surface area contributed by atoms with E-state index in [-0.39, 0.29) is 23.3 Å². The summed E-state index contributed by atoms with van der Waals surface area (Å²) in [7, 11) is 0. The molecule has 1 amide bonds. The molecule has 174 valence electrons. The van der Waals surface area contributed by atoms with E-state index in [1.807, 2.05) is 12.1 Å². The van der Waals surface area contributed by atoms with Gasteiger partial charge < -0.3 is 4.74 Å². The SMILES string of the molecule is CC(C)(C)c1ccc(CN2C(=O)CSc3nnc(COc4ccc(C(C)(C)C)cc4)n32)cc1. The molecule has 2 heterocycles. The Labute approximate surface area is 200 Å². The van der Waals surface area contributed by atoms with E-state index in [4.69, 9.17) is 4.74 Å². The Hall–Kier alpha value is -2.80. The summed E-state index contributed by atoms with van der Waals surface area (Å²) in [4.78, 5) is 12.8. The Morgan fingerprint density at radius 2 is 1.45 bits per heavy atom. The Morgan fingerprint density at radius 1 is 0.879 bits per heavy atom. The van der Waals surface area contributed by atoms with Crippen LogP contribution in [0.3, 0.4) is 0 Å². The predicted octanol–water partition coefficient (Wildman–Crippen LogP) is 5.22. The van der Waals surface area contributed by atoms with Gasteiger partial charge in [0.2, 0.25) is 5.16 Å². The second-order valence-corrected chi connectivity index (χ2v) is 11.4. The van der Waals surface area contributed by atoms with Gasteiger partial charge in [-0.2, -0.15) is 0 Å². The molecule has 0 bridgehead atoms. The van der Waals surface area contributed by atoms with Crippen LogP contribution in [0, 0.1) is 0 Å². The van der Waals surface area contributed by atoms with Crippen molar-refractivity contribution in [2.24, 2.45) is 0 Å². The average Bonchev–Trinajstić information content (AvgIpc) is 3.17. The monoisotopic (exact) mass is 464 g/mol. The molecule has 0 saturated heterocycles. The first kappa shape index (κ1) is 23.4. The molecule has 4 rings (SSSR count). The highest BCUT2D eigenvalue weighted by Gasteiger charge is 2.29. The maximum Gasteiger partial charge on any atom is 0.252 e. The Kier molecular flexibility index (Phi) is 6.27. The molecule has 0 saturated carbocycles. The molecule has 0 atom stereocenters. The lowest BCUT2D eigenvalue weighted by molar-refractivity contribution is -0.118. The summed E-state index contributed by atoms with van der Waals surface area (Å²) in [5, 5.41) is 11.0. The number of carbonyl (C=O) groups excluding carboxylic acids is 1. The van der Waals surface area contributed by atoms with E-state index in [1.165, 1.54) is 22.9 Å². The molecule has 2 aromatic carbocycles. The van der Waals surface area contributed by atoms with Crippen molar-refractivity contribution in [2.45, 2.75) is 70.7 Å². The van der Waals surface area contributed by atoms with E-state index < -0.39 is 0 Å². The molecule has 0 N–H and O–H groups in total. The van der Waals surface area contributed by atoms with Crippen LogP contribution in [0.5, 0.6) is 5.75 Å². The second-order valence-electron chi connectivity index (χ2n) is 10.5. The lowest BCUT2D eigenvalue weighted by atomic mass is 9.87. The molecule has 7 heteroatoms. The summed E-state index contributed by atoms with van der Waals surface area (Å²) < 4.78 is 7.80. The average molecular weight is 465 g/mol. The summed E-state index contributed by atoms with van der Waals surface area (Å²) in [5.74, 6) is 1.76. The number of thioether (sulfide) groups is 1. The number of fused-ring (bicyclic) bond motifs is 1. The number of amides is 1. The topological polar surface area (TPSA) is 60.3 Å². The Bertz CT molecular complexity index is 1120. The normalized spacial score (nSPS) is 14.4. The van der Waals surface area contributed by atoms with E-state index in [2.05, 4.69) is 88.1 Å². The van der Waals surface area contributed by atoms with Gasteiger partial charge in [-0.3, -0.25) is 4.79 Å². The standard InChI is InChI=1S/C26H32N4O2S/c1-25(2,3)19-9-7-18(8-10-19)15-29-23(31)17-33-24-28-27-22(30(24)29)16-32-21-13-11-20(12-14-21)26(4,5)6/h7-14H,15-17H2,1-6H3.